The van der Waals surface area contributed by atoms with Crippen LogP contribution in [-0.2, 0) is 6.42 Å². The third-order valence-corrected chi connectivity index (χ3v) is 3.12. The molecule has 0 amide bonds. The van der Waals surface area contributed by atoms with Gasteiger partial charge in [0.25, 0.3) is 0 Å². The number of aryl methyl sites for hydroxylation is 1. The quantitative estimate of drug-likeness (QED) is 0.650. The molecule has 0 atom stereocenters. The van der Waals surface area contributed by atoms with Crippen molar-refractivity contribution in [2.75, 3.05) is 17.4 Å². The van der Waals surface area contributed by atoms with Gasteiger partial charge in [-0.15, -0.1) is 0 Å². The highest BCUT2D eigenvalue weighted by molar-refractivity contribution is 5.67. The van der Waals surface area contributed by atoms with Crippen molar-refractivity contribution in [2.24, 2.45) is 5.84 Å². The first-order valence-electron chi connectivity index (χ1n) is 6.28. The molecule has 19 heavy (non-hydrogen) atoms. The molecule has 3 N–H and O–H groups in total. The van der Waals surface area contributed by atoms with Crippen molar-refractivity contribution in [3.8, 4) is 0 Å². The number of nitrogens with one attached hydrogen (secondary N) is 1. The second-order valence-electron chi connectivity index (χ2n) is 4.42. The maximum atomic E-state index is 5.50. The third kappa shape index (κ3) is 2.66. The highest BCUT2D eigenvalue weighted by atomic mass is 15.3. The molecule has 2 aromatic rings. The average Bonchev–Trinajstić information content (AvgIpc) is 2.45. The van der Waals surface area contributed by atoms with Crippen LogP contribution >= 0.6 is 0 Å². The molecule has 0 spiro atoms. The summed E-state index contributed by atoms with van der Waals surface area (Å²) in [4.78, 5) is 10.6. The molecule has 0 bridgehead atoms. The van der Waals surface area contributed by atoms with Crippen LogP contribution in [0.5, 0.6) is 0 Å². The number of hydrazine groups is 1. The fourth-order valence-corrected chi connectivity index (χ4v) is 2.10. The topological polar surface area (TPSA) is 67.1 Å². The molecule has 0 saturated heterocycles. The van der Waals surface area contributed by atoms with E-state index in [4.69, 9.17) is 5.84 Å². The first-order chi connectivity index (χ1) is 9.17. The van der Waals surface area contributed by atoms with Gasteiger partial charge in [-0.1, -0.05) is 19.1 Å². The predicted octanol–water partition coefficient (Wildman–Crippen LogP) is 2.40. The summed E-state index contributed by atoms with van der Waals surface area (Å²) in [7, 11) is 2.00. The second kappa shape index (κ2) is 5.67. The zero-order valence-corrected chi connectivity index (χ0v) is 11.5. The van der Waals surface area contributed by atoms with E-state index in [1.54, 1.807) is 0 Å². The van der Waals surface area contributed by atoms with Crippen molar-refractivity contribution in [3.63, 3.8) is 0 Å². The number of nitrogens with zero attached hydrogens (tertiary/aromatic N) is 3. The largest absolute Gasteiger partial charge is 0.329 e. The molecule has 5 nitrogen and oxygen atoms in total. The Morgan fingerprint density at radius 2 is 2.11 bits per heavy atom. The van der Waals surface area contributed by atoms with Gasteiger partial charge in [-0.2, -0.15) is 0 Å². The van der Waals surface area contributed by atoms with Gasteiger partial charge in [0.05, 0.1) is 0 Å². The summed E-state index contributed by atoms with van der Waals surface area (Å²) >= 11 is 0. The molecule has 0 fully saturated rings. The van der Waals surface area contributed by atoms with Crippen molar-refractivity contribution in [2.45, 2.75) is 20.3 Å². The number of nitrogens with two attached hydrogens (primary N) is 1. The average molecular weight is 257 g/mol. The molecule has 1 aromatic carbocycles. The number of benzene rings is 1. The molecule has 0 aliphatic heterocycles. The van der Waals surface area contributed by atoms with E-state index in [1.807, 2.05) is 18.0 Å². The molecule has 0 saturated carbocycles. The van der Waals surface area contributed by atoms with Crippen molar-refractivity contribution in [3.05, 3.63) is 41.7 Å². The van der Waals surface area contributed by atoms with E-state index < -0.39 is 0 Å². The lowest BCUT2D eigenvalue weighted by atomic mass is 10.1. The van der Waals surface area contributed by atoms with Gasteiger partial charge in [0, 0.05) is 18.3 Å². The lowest BCUT2D eigenvalue weighted by Gasteiger charge is -2.22. The smallest absolute Gasteiger partial charge is 0.148 e. The van der Waals surface area contributed by atoms with Gasteiger partial charge < -0.3 is 10.3 Å². The minimum absolute atomic E-state index is 0.673. The Balaban J connectivity index is 2.46. The number of nitrogen functional groups attached to an aromatic ring is 1. The van der Waals surface area contributed by atoms with E-state index in [1.165, 1.54) is 11.9 Å². The molecule has 5 heteroatoms. The normalized spacial score (nSPS) is 10.3. The maximum Gasteiger partial charge on any atom is 0.148 e. The third-order valence-electron chi connectivity index (χ3n) is 3.12. The Kier molecular flexibility index (Phi) is 3.97. The van der Waals surface area contributed by atoms with E-state index in [-0.39, 0.29) is 0 Å². The van der Waals surface area contributed by atoms with Crippen LogP contribution in [0.3, 0.4) is 0 Å². The molecule has 1 heterocycles. The fraction of sp³-hybridized carbons (Fsp3) is 0.286. The van der Waals surface area contributed by atoms with E-state index in [2.05, 4.69) is 47.4 Å². The Bertz CT molecular complexity index is 568. The van der Waals surface area contributed by atoms with Crippen LogP contribution in [0.15, 0.2) is 30.6 Å². The van der Waals surface area contributed by atoms with Crippen LogP contribution < -0.4 is 16.2 Å². The van der Waals surface area contributed by atoms with Gasteiger partial charge in [0.1, 0.15) is 18.0 Å². The number of anilines is 3. The van der Waals surface area contributed by atoms with Crippen molar-refractivity contribution < 1.29 is 0 Å². The zero-order valence-electron chi connectivity index (χ0n) is 11.5. The first kappa shape index (κ1) is 13.3. The Morgan fingerprint density at radius 1 is 1.32 bits per heavy atom. The summed E-state index contributed by atoms with van der Waals surface area (Å²) in [6.45, 7) is 4.14. The Hall–Kier alpha value is -2.14. The second-order valence-corrected chi connectivity index (χ2v) is 4.42. The lowest BCUT2D eigenvalue weighted by molar-refractivity contribution is 0.993. The number of hydrogen-bond acceptors (Lipinski definition) is 5. The van der Waals surface area contributed by atoms with Gasteiger partial charge in [-0.05, 0) is 31.0 Å². The van der Waals surface area contributed by atoms with Gasteiger partial charge in [-0.3, -0.25) is 0 Å². The predicted molar refractivity (Wildman–Crippen MR) is 78.5 cm³/mol. The van der Waals surface area contributed by atoms with Gasteiger partial charge in [0.2, 0.25) is 0 Å². The molecule has 1 aromatic heterocycles. The minimum Gasteiger partial charge on any atom is -0.329 e. The van der Waals surface area contributed by atoms with E-state index in [0.717, 1.165) is 23.5 Å². The van der Waals surface area contributed by atoms with Crippen LogP contribution in [0, 0.1) is 6.92 Å². The molecular weight excluding hydrogens is 238 g/mol. The molecule has 2 rings (SSSR count). The Labute approximate surface area is 113 Å². The molecule has 0 unspecified atom stereocenters. The van der Waals surface area contributed by atoms with Gasteiger partial charge in [-0.25, -0.2) is 15.8 Å². The molecule has 0 radical (unpaired) electrons. The zero-order chi connectivity index (χ0) is 13.8. The number of hydrogen-bond donors (Lipinski definition) is 2. The Morgan fingerprint density at radius 3 is 2.74 bits per heavy atom. The summed E-state index contributed by atoms with van der Waals surface area (Å²) < 4.78 is 0. The molecule has 100 valence electrons. The monoisotopic (exact) mass is 257 g/mol. The standard InChI is InChI=1S/C14H19N5/c1-4-12-13(18-15)16-9-17-14(12)19(3)11-7-5-6-10(2)8-11/h5-9H,4,15H2,1-3H3,(H,16,17,18). The van der Waals surface area contributed by atoms with E-state index in [0.29, 0.717) is 5.82 Å². The minimum atomic E-state index is 0.673. The summed E-state index contributed by atoms with van der Waals surface area (Å²) in [5, 5.41) is 0. The molecule has 0 aliphatic carbocycles. The SMILES string of the molecule is CCc1c(NN)ncnc1N(C)c1cccc(C)c1. The maximum absolute atomic E-state index is 5.50. The van der Waals surface area contributed by atoms with Gasteiger partial charge >= 0.3 is 0 Å². The van der Waals surface area contributed by atoms with Crippen LogP contribution in [0.4, 0.5) is 17.3 Å². The first-order valence-corrected chi connectivity index (χ1v) is 6.28. The number of rotatable bonds is 4. The lowest BCUT2D eigenvalue weighted by Crippen LogP contribution is -2.18. The molecular formula is C14H19N5. The van der Waals surface area contributed by atoms with E-state index in [9.17, 15) is 0 Å². The summed E-state index contributed by atoms with van der Waals surface area (Å²) in [5.41, 5.74) is 5.95. The van der Waals surface area contributed by atoms with Crippen LogP contribution in [0.25, 0.3) is 0 Å². The summed E-state index contributed by atoms with van der Waals surface area (Å²) in [6, 6.07) is 8.29. The van der Waals surface area contributed by atoms with Crippen molar-refractivity contribution >= 4 is 17.3 Å². The highest BCUT2D eigenvalue weighted by Crippen LogP contribution is 2.28. The summed E-state index contributed by atoms with van der Waals surface area (Å²) in [6.07, 6.45) is 2.34. The van der Waals surface area contributed by atoms with Crippen LogP contribution in [0.1, 0.15) is 18.1 Å². The fourth-order valence-electron chi connectivity index (χ4n) is 2.10. The van der Waals surface area contributed by atoms with Crippen LogP contribution in [-0.4, -0.2) is 17.0 Å². The van der Waals surface area contributed by atoms with Gasteiger partial charge in [0.15, 0.2) is 0 Å². The number of aromatic nitrogens is 2. The highest BCUT2D eigenvalue weighted by Gasteiger charge is 2.14. The van der Waals surface area contributed by atoms with Crippen molar-refractivity contribution in [1.29, 1.82) is 0 Å². The van der Waals surface area contributed by atoms with Crippen molar-refractivity contribution in [1.82, 2.24) is 9.97 Å². The summed E-state index contributed by atoms with van der Waals surface area (Å²) in [5.74, 6) is 7.04. The van der Waals surface area contributed by atoms with Crippen LogP contribution in [0.2, 0.25) is 0 Å². The van der Waals surface area contributed by atoms with E-state index >= 15 is 0 Å². The molecule has 0 aliphatic rings.